The van der Waals surface area contributed by atoms with E-state index in [4.69, 9.17) is 0 Å². The van der Waals surface area contributed by atoms with Crippen LogP contribution in [0.25, 0.3) is 0 Å². The predicted octanol–water partition coefficient (Wildman–Crippen LogP) is 1.25. The van der Waals surface area contributed by atoms with E-state index in [0.29, 0.717) is 10.2 Å². The fourth-order valence-electron chi connectivity index (χ4n) is 1.64. The first kappa shape index (κ1) is 10.4. The standard InChI is InChI=1S/C10H10BrNO3/c11-7-2-1-3-8(10(7)15)12-5-6(13)4-9(12)14/h1-3,6,13,15H,4-5H2. The molecule has 1 aromatic rings. The number of aromatic hydroxyl groups is 1. The molecule has 15 heavy (non-hydrogen) atoms. The van der Waals surface area contributed by atoms with Crippen molar-refractivity contribution in [2.75, 3.05) is 11.4 Å². The van der Waals surface area contributed by atoms with Crippen molar-refractivity contribution < 1.29 is 15.0 Å². The van der Waals surface area contributed by atoms with Crippen molar-refractivity contribution in [2.45, 2.75) is 12.5 Å². The number of aliphatic hydroxyl groups is 1. The van der Waals surface area contributed by atoms with Gasteiger partial charge in [-0.2, -0.15) is 0 Å². The number of phenols is 1. The molecule has 0 saturated carbocycles. The second-order valence-electron chi connectivity index (χ2n) is 3.47. The highest BCUT2D eigenvalue weighted by Crippen LogP contribution is 2.36. The molecule has 0 aliphatic carbocycles. The number of β-amino-alcohol motifs (C(OH)–C–C–N with tert-alkyl or cyclic N) is 1. The van der Waals surface area contributed by atoms with E-state index in [9.17, 15) is 15.0 Å². The number of amides is 1. The Balaban J connectivity index is 2.38. The first-order valence-electron chi connectivity index (χ1n) is 4.55. The summed E-state index contributed by atoms with van der Waals surface area (Å²) in [7, 11) is 0. The molecule has 1 fully saturated rings. The van der Waals surface area contributed by atoms with Crippen LogP contribution in [0.5, 0.6) is 5.75 Å². The molecule has 0 aromatic heterocycles. The van der Waals surface area contributed by atoms with Crippen molar-refractivity contribution in [3.63, 3.8) is 0 Å². The summed E-state index contributed by atoms with van der Waals surface area (Å²) in [6, 6.07) is 5.07. The highest BCUT2D eigenvalue weighted by Gasteiger charge is 2.30. The molecule has 0 bridgehead atoms. The van der Waals surface area contributed by atoms with Crippen LogP contribution in [0, 0.1) is 0 Å². The largest absolute Gasteiger partial charge is 0.505 e. The summed E-state index contributed by atoms with van der Waals surface area (Å²) in [4.78, 5) is 12.9. The van der Waals surface area contributed by atoms with Gasteiger partial charge in [0.15, 0.2) is 5.75 Å². The van der Waals surface area contributed by atoms with Gasteiger partial charge in [0.05, 0.1) is 29.2 Å². The van der Waals surface area contributed by atoms with Crippen LogP contribution < -0.4 is 4.90 Å². The number of phenolic OH excluding ortho intramolecular Hbond substituents is 1. The minimum atomic E-state index is -0.643. The Morgan fingerprint density at radius 3 is 2.80 bits per heavy atom. The van der Waals surface area contributed by atoms with Gasteiger partial charge in [0.2, 0.25) is 5.91 Å². The average Bonchev–Trinajstić information content (AvgIpc) is 2.50. The van der Waals surface area contributed by atoms with Gasteiger partial charge < -0.3 is 15.1 Å². The highest BCUT2D eigenvalue weighted by molar-refractivity contribution is 9.10. The van der Waals surface area contributed by atoms with E-state index < -0.39 is 6.10 Å². The lowest BCUT2D eigenvalue weighted by molar-refractivity contribution is -0.117. The van der Waals surface area contributed by atoms with Gasteiger partial charge >= 0.3 is 0 Å². The van der Waals surface area contributed by atoms with Crippen LogP contribution in [0.4, 0.5) is 5.69 Å². The zero-order chi connectivity index (χ0) is 11.0. The summed E-state index contributed by atoms with van der Waals surface area (Å²) in [5, 5.41) is 19.1. The lowest BCUT2D eigenvalue weighted by atomic mass is 10.2. The van der Waals surface area contributed by atoms with Gasteiger partial charge in [0.1, 0.15) is 0 Å². The molecule has 2 rings (SSSR count). The lowest BCUT2D eigenvalue weighted by Crippen LogP contribution is -2.25. The van der Waals surface area contributed by atoms with Gasteiger partial charge in [-0.3, -0.25) is 4.79 Å². The van der Waals surface area contributed by atoms with Gasteiger partial charge in [-0.15, -0.1) is 0 Å². The van der Waals surface area contributed by atoms with Gasteiger partial charge in [0, 0.05) is 0 Å². The maximum atomic E-state index is 11.5. The molecular weight excluding hydrogens is 262 g/mol. The molecule has 1 unspecified atom stereocenters. The van der Waals surface area contributed by atoms with E-state index in [1.165, 1.54) is 4.90 Å². The number of rotatable bonds is 1. The third kappa shape index (κ3) is 1.85. The van der Waals surface area contributed by atoms with Crippen molar-refractivity contribution in [1.82, 2.24) is 0 Å². The molecule has 1 aliphatic rings. The molecular formula is C10H10BrNO3. The Morgan fingerprint density at radius 2 is 2.20 bits per heavy atom. The first-order valence-corrected chi connectivity index (χ1v) is 5.35. The molecule has 2 N–H and O–H groups in total. The fraction of sp³-hybridized carbons (Fsp3) is 0.300. The third-order valence-corrected chi connectivity index (χ3v) is 3.00. The zero-order valence-electron chi connectivity index (χ0n) is 7.85. The molecule has 1 saturated heterocycles. The number of carbonyl (C=O) groups excluding carboxylic acids is 1. The summed E-state index contributed by atoms with van der Waals surface area (Å²) in [6.07, 6.45) is -0.526. The zero-order valence-corrected chi connectivity index (χ0v) is 9.44. The molecule has 1 heterocycles. The topological polar surface area (TPSA) is 60.8 Å². The minimum Gasteiger partial charge on any atom is -0.505 e. The maximum Gasteiger partial charge on any atom is 0.229 e. The van der Waals surface area contributed by atoms with Crippen LogP contribution in [0.2, 0.25) is 0 Å². The van der Waals surface area contributed by atoms with Crippen LogP contribution >= 0.6 is 15.9 Å². The summed E-state index contributed by atoms with van der Waals surface area (Å²) < 4.78 is 0.536. The number of hydrogen-bond donors (Lipinski definition) is 2. The maximum absolute atomic E-state index is 11.5. The van der Waals surface area contributed by atoms with Gasteiger partial charge in [-0.05, 0) is 28.1 Å². The van der Waals surface area contributed by atoms with Crippen LogP contribution in [0.15, 0.2) is 22.7 Å². The number of nitrogens with zero attached hydrogens (tertiary/aromatic N) is 1. The molecule has 1 amide bonds. The van der Waals surface area contributed by atoms with Crippen LogP contribution in [-0.4, -0.2) is 28.8 Å². The normalized spacial score (nSPS) is 21.1. The lowest BCUT2D eigenvalue weighted by Gasteiger charge is -2.17. The first-order chi connectivity index (χ1) is 7.09. The highest BCUT2D eigenvalue weighted by atomic mass is 79.9. The summed E-state index contributed by atoms with van der Waals surface area (Å²) in [5.41, 5.74) is 0.436. The molecule has 1 aliphatic heterocycles. The van der Waals surface area contributed by atoms with Crippen molar-refractivity contribution in [2.24, 2.45) is 0 Å². The number of carbonyl (C=O) groups is 1. The van der Waals surface area contributed by atoms with Crippen LogP contribution in [0.3, 0.4) is 0 Å². The number of para-hydroxylation sites is 1. The Morgan fingerprint density at radius 1 is 1.47 bits per heavy atom. The van der Waals surface area contributed by atoms with Crippen LogP contribution in [-0.2, 0) is 4.79 Å². The molecule has 0 radical (unpaired) electrons. The van der Waals surface area contributed by atoms with E-state index in [-0.39, 0.29) is 24.6 Å². The van der Waals surface area contributed by atoms with Gasteiger partial charge in [0.25, 0.3) is 0 Å². The smallest absolute Gasteiger partial charge is 0.229 e. The second-order valence-corrected chi connectivity index (χ2v) is 4.32. The summed E-state index contributed by atoms with van der Waals surface area (Å²) >= 11 is 3.18. The van der Waals surface area contributed by atoms with Gasteiger partial charge in [-0.25, -0.2) is 0 Å². The molecule has 4 nitrogen and oxygen atoms in total. The average molecular weight is 272 g/mol. The molecule has 0 spiro atoms. The monoisotopic (exact) mass is 271 g/mol. The quantitative estimate of drug-likeness (QED) is 0.808. The Hall–Kier alpha value is -1.07. The SMILES string of the molecule is O=C1CC(O)CN1c1cccc(Br)c1O. The fourth-order valence-corrected chi connectivity index (χ4v) is 2.00. The number of hydrogen-bond acceptors (Lipinski definition) is 3. The van der Waals surface area contributed by atoms with Gasteiger partial charge in [-0.1, -0.05) is 6.07 Å². The van der Waals surface area contributed by atoms with E-state index in [0.717, 1.165) is 0 Å². The molecule has 80 valence electrons. The van der Waals surface area contributed by atoms with Crippen LogP contribution in [0.1, 0.15) is 6.42 Å². The van der Waals surface area contributed by atoms with Crippen molar-refractivity contribution in [3.05, 3.63) is 22.7 Å². The Bertz CT molecular complexity index is 408. The van der Waals surface area contributed by atoms with E-state index >= 15 is 0 Å². The molecule has 1 aromatic carbocycles. The number of halogens is 1. The molecule has 1 atom stereocenters. The van der Waals surface area contributed by atoms with E-state index in [2.05, 4.69) is 15.9 Å². The number of aliphatic hydroxyl groups excluding tert-OH is 1. The predicted molar refractivity (Wildman–Crippen MR) is 58.8 cm³/mol. The third-order valence-electron chi connectivity index (χ3n) is 2.36. The van der Waals surface area contributed by atoms with Crippen molar-refractivity contribution in [3.8, 4) is 5.75 Å². The Kier molecular flexibility index (Phi) is 2.67. The summed E-state index contributed by atoms with van der Waals surface area (Å²) in [5.74, 6) is -0.143. The minimum absolute atomic E-state index is 0.0277. The van der Waals surface area contributed by atoms with E-state index in [1.807, 2.05) is 0 Å². The van der Waals surface area contributed by atoms with Crippen molar-refractivity contribution in [1.29, 1.82) is 0 Å². The number of benzene rings is 1. The Labute approximate surface area is 95.3 Å². The second kappa shape index (κ2) is 3.83. The number of anilines is 1. The van der Waals surface area contributed by atoms with E-state index in [1.54, 1.807) is 18.2 Å². The summed E-state index contributed by atoms with van der Waals surface area (Å²) in [6.45, 7) is 0.239. The van der Waals surface area contributed by atoms with Crippen molar-refractivity contribution >= 4 is 27.5 Å². The molecule has 5 heteroatoms.